The molecule has 4 heteroatoms. The fraction of sp³-hybridized carbons (Fsp3) is 0.261. The number of carbonyl (C=O) groups excluding carboxylic acids is 1. The average Bonchev–Trinajstić information content (AvgIpc) is 2.67. The van der Waals surface area contributed by atoms with Gasteiger partial charge in [0.2, 0.25) is 0 Å². The minimum Gasteiger partial charge on any atom is -0.334 e. The second kappa shape index (κ2) is 8.58. The van der Waals surface area contributed by atoms with Crippen LogP contribution in [-0.4, -0.2) is 27.3 Å². The SMILES string of the molecule is Cc1cc(-c2cccc(C(=O)N(Cc3cccnc3)CC(C)C)c2)ccn1. The Bertz CT molecular complexity index is 906. The van der Waals surface area contributed by atoms with Crippen molar-refractivity contribution in [1.29, 1.82) is 0 Å². The van der Waals surface area contributed by atoms with Crippen molar-refractivity contribution in [2.75, 3.05) is 6.54 Å². The van der Waals surface area contributed by atoms with E-state index in [0.717, 1.165) is 22.4 Å². The number of benzene rings is 1. The highest BCUT2D eigenvalue weighted by molar-refractivity contribution is 5.95. The highest BCUT2D eigenvalue weighted by Crippen LogP contribution is 2.22. The molecule has 2 aromatic heterocycles. The van der Waals surface area contributed by atoms with Gasteiger partial charge in [-0.15, -0.1) is 0 Å². The number of hydrogen-bond donors (Lipinski definition) is 0. The smallest absolute Gasteiger partial charge is 0.254 e. The quantitative estimate of drug-likeness (QED) is 0.638. The van der Waals surface area contributed by atoms with Crippen LogP contribution in [0, 0.1) is 12.8 Å². The molecule has 3 aromatic rings. The van der Waals surface area contributed by atoms with Gasteiger partial charge in [0.15, 0.2) is 0 Å². The predicted molar refractivity (Wildman–Crippen MR) is 108 cm³/mol. The number of carbonyl (C=O) groups is 1. The molecule has 0 radical (unpaired) electrons. The highest BCUT2D eigenvalue weighted by atomic mass is 16.2. The summed E-state index contributed by atoms with van der Waals surface area (Å²) in [5.74, 6) is 0.428. The molecule has 0 bridgehead atoms. The van der Waals surface area contributed by atoms with E-state index in [1.807, 2.05) is 66.6 Å². The summed E-state index contributed by atoms with van der Waals surface area (Å²) in [5, 5.41) is 0. The van der Waals surface area contributed by atoms with Crippen LogP contribution in [0.2, 0.25) is 0 Å². The summed E-state index contributed by atoms with van der Waals surface area (Å²) in [6.45, 7) is 7.48. The molecular formula is C23H25N3O. The Morgan fingerprint density at radius 2 is 1.85 bits per heavy atom. The summed E-state index contributed by atoms with van der Waals surface area (Å²) in [7, 11) is 0. The van der Waals surface area contributed by atoms with Gasteiger partial charge in [-0.1, -0.05) is 32.0 Å². The summed E-state index contributed by atoms with van der Waals surface area (Å²) >= 11 is 0. The van der Waals surface area contributed by atoms with Crippen molar-refractivity contribution in [3.8, 4) is 11.1 Å². The number of amides is 1. The summed E-state index contributed by atoms with van der Waals surface area (Å²) < 4.78 is 0. The van der Waals surface area contributed by atoms with Gasteiger partial charge < -0.3 is 4.90 Å². The van der Waals surface area contributed by atoms with Crippen molar-refractivity contribution in [1.82, 2.24) is 14.9 Å². The number of aryl methyl sites for hydroxylation is 1. The molecule has 138 valence electrons. The first kappa shape index (κ1) is 18.8. The maximum atomic E-state index is 13.2. The van der Waals surface area contributed by atoms with Crippen molar-refractivity contribution in [3.05, 3.63) is 83.9 Å². The van der Waals surface area contributed by atoms with Crippen molar-refractivity contribution in [2.45, 2.75) is 27.3 Å². The fourth-order valence-electron chi connectivity index (χ4n) is 3.11. The molecule has 1 aromatic carbocycles. The van der Waals surface area contributed by atoms with Crippen LogP contribution in [0.1, 0.15) is 35.5 Å². The van der Waals surface area contributed by atoms with Gasteiger partial charge in [0.25, 0.3) is 5.91 Å². The topological polar surface area (TPSA) is 46.1 Å². The number of hydrogen-bond acceptors (Lipinski definition) is 3. The third-order valence-corrected chi connectivity index (χ3v) is 4.31. The lowest BCUT2D eigenvalue weighted by molar-refractivity contribution is 0.0722. The second-order valence-electron chi connectivity index (χ2n) is 7.21. The Hall–Kier alpha value is -3.01. The molecule has 0 fully saturated rings. The monoisotopic (exact) mass is 359 g/mol. The standard InChI is InChI=1S/C23H25N3O/c1-17(2)15-26(16-19-6-5-10-24-14-19)23(27)22-8-4-7-20(13-22)21-9-11-25-18(3)12-21/h4-14,17H,15-16H2,1-3H3. The van der Waals surface area contributed by atoms with Gasteiger partial charge >= 0.3 is 0 Å². The zero-order valence-corrected chi connectivity index (χ0v) is 16.1. The molecular weight excluding hydrogens is 334 g/mol. The van der Waals surface area contributed by atoms with E-state index in [1.54, 1.807) is 12.4 Å². The van der Waals surface area contributed by atoms with Crippen molar-refractivity contribution in [2.24, 2.45) is 5.92 Å². The summed E-state index contributed by atoms with van der Waals surface area (Å²) in [4.78, 5) is 23.5. The van der Waals surface area contributed by atoms with Crippen LogP contribution in [0.3, 0.4) is 0 Å². The van der Waals surface area contributed by atoms with Gasteiger partial charge in [-0.05, 0) is 59.9 Å². The molecule has 0 aliphatic carbocycles. The first-order valence-electron chi connectivity index (χ1n) is 9.24. The van der Waals surface area contributed by atoms with Crippen LogP contribution >= 0.6 is 0 Å². The van der Waals surface area contributed by atoms with Crippen LogP contribution in [0.4, 0.5) is 0 Å². The summed E-state index contributed by atoms with van der Waals surface area (Å²) in [6, 6.07) is 15.7. The molecule has 0 N–H and O–H groups in total. The van der Waals surface area contributed by atoms with Gasteiger partial charge in [0.1, 0.15) is 0 Å². The third-order valence-electron chi connectivity index (χ3n) is 4.31. The van der Waals surface area contributed by atoms with Crippen LogP contribution < -0.4 is 0 Å². The van der Waals surface area contributed by atoms with Crippen LogP contribution in [0.25, 0.3) is 11.1 Å². The van der Waals surface area contributed by atoms with E-state index in [-0.39, 0.29) is 5.91 Å². The maximum Gasteiger partial charge on any atom is 0.254 e. The zero-order chi connectivity index (χ0) is 19.2. The molecule has 3 rings (SSSR count). The number of nitrogens with zero attached hydrogens (tertiary/aromatic N) is 3. The normalized spacial score (nSPS) is 10.8. The molecule has 0 unspecified atom stereocenters. The van der Waals surface area contributed by atoms with E-state index in [9.17, 15) is 4.79 Å². The van der Waals surface area contributed by atoms with Gasteiger partial charge in [-0.3, -0.25) is 14.8 Å². The van der Waals surface area contributed by atoms with E-state index < -0.39 is 0 Å². The molecule has 0 spiro atoms. The Kier molecular flexibility index (Phi) is 5.97. The van der Waals surface area contributed by atoms with Gasteiger partial charge in [-0.2, -0.15) is 0 Å². The van der Waals surface area contributed by atoms with Gasteiger partial charge in [0.05, 0.1) is 0 Å². The Labute approximate surface area is 160 Å². The highest BCUT2D eigenvalue weighted by Gasteiger charge is 2.18. The number of rotatable bonds is 6. The third kappa shape index (κ3) is 5.00. The van der Waals surface area contributed by atoms with E-state index in [1.165, 1.54) is 0 Å². The van der Waals surface area contributed by atoms with Crippen molar-refractivity contribution >= 4 is 5.91 Å². The molecule has 0 atom stereocenters. The molecule has 0 aliphatic heterocycles. The van der Waals surface area contributed by atoms with E-state index >= 15 is 0 Å². The molecule has 2 heterocycles. The molecule has 27 heavy (non-hydrogen) atoms. The van der Waals surface area contributed by atoms with Crippen LogP contribution in [-0.2, 0) is 6.54 Å². The minimum atomic E-state index is 0.0418. The average molecular weight is 359 g/mol. The van der Waals surface area contributed by atoms with Crippen molar-refractivity contribution < 1.29 is 4.79 Å². The Morgan fingerprint density at radius 3 is 2.56 bits per heavy atom. The molecule has 0 saturated heterocycles. The lowest BCUT2D eigenvalue weighted by atomic mass is 10.0. The van der Waals surface area contributed by atoms with Crippen molar-refractivity contribution in [3.63, 3.8) is 0 Å². The lowest BCUT2D eigenvalue weighted by Gasteiger charge is -2.25. The first-order valence-corrected chi connectivity index (χ1v) is 9.24. The Morgan fingerprint density at radius 1 is 1.04 bits per heavy atom. The first-order chi connectivity index (χ1) is 13.0. The largest absolute Gasteiger partial charge is 0.334 e. The Balaban J connectivity index is 1.88. The second-order valence-corrected chi connectivity index (χ2v) is 7.21. The van der Waals surface area contributed by atoms with Crippen LogP contribution in [0.15, 0.2) is 67.1 Å². The molecule has 0 aliphatic rings. The molecule has 1 amide bonds. The fourth-order valence-corrected chi connectivity index (χ4v) is 3.11. The van der Waals surface area contributed by atoms with Gasteiger partial charge in [-0.25, -0.2) is 0 Å². The number of pyridine rings is 2. The van der Waals surface area contributed by atoms with Crippen LogP contribution in [0.5, 0.6) is 0 Å². The van der Waals surface area contributed by atoms with E-state index in [2.05, 4.69) is 23.8 Å². The lowest BCUT2D eigenvalue weighted by Crippen LogP contribution is -2.33. The maximum absolute atomic E-state index is 13.2. The zero-order valence-electron chi connectivity index (χ0n) is 16.1. The number of aromatic nitrogens is 2. The summed E-state index contributed by atoms with van der Waals surface area (Å²) in [6.07, 6.45) is 5.36. The predicted octanol–water partition coefficient (Wildman–Crippen LogP) is 4.75. The molecule has 4 nitrogen and oxygen atoms in total. The van der Waals surface area contributed by atoms with E-state index in [4.69, 9.17) is 0 Å². The van der Waals surface area contributed by atoms with Gasteiger partial charge in [0, 0.05) is 42.9 Å². The minimum absolute atomic E-state index is 0.0418. The molecule has 0 saturated carbocycles. The summed E-state index contributed by atoms with van der Waals surface area (Å²) in [5.41, 5.74) is 4.79. The van der Waals surface area contributed by atoms with E-state index in [0.29, 0.717) is 24.6 Å².